The standard InChI is InChI=1S/C9H10NOP/c12-8-4-2-1-3-7(8)9-10-5-6-11-9/h1-8H,12H2. The Morgan fingerprint density at radius 1 is 1.33 bits per heavy atom. The van der Waals surface area contributed by atoms with Gasteiger partial charge in [-0.05, 0) is 0 Å². The molecule has 3 unspecified atom stereocenters. The zero-order chi connectivity index (χ0) is 8.39. The van der Waals surface area contributed by atoms with Gasteiger partial charge in [0.25, 0.3) is 0 Å². The minimum atomic E-state index is 0.273. The summed E-state index contributed by atoms with van der Waals surface area (Å²) in [5.74, 6) is 1.06. The number of oxazole rings is 1. The Kier molecular flexibility index (Phi) is 2.09. The van der Waals surface area contributed by atoms with Crippen LogP contribution in [0.1, 0.15) is 11.8 Å². The van der Waals surface area contributed by atoms with Gasteiger partial charge in [0.15, 0.2) is 0 Å². The van der Waals surface area contributed by atoms with Crippen LogP contribution in [0.5, 0.6) is 0 Å². The van der Waals surface area contributed by atoms with Crippen LogP contribution in [-0.4, -0.2) is 10.6 Å². The van der Waals surface area contributed by atoms with E-state index in [-0.39, 0.29) is 5.92 Å². The van der Waals surface area contributed by atoms with Crippen molar-refractivity contribution in [1.82, 2.24) is 4.98 Å². The molecule has 0 saturated heterocycles. The highest BCUT2D eigenvalue weighted by Crippen LogP contribution is 2.28. The predicted molar refractivity (Wildman–Crippen MR) is 51.0 cm³/mol. The van der Waals surface area contributed by atoms with Gasteiger partial charge < -0.3 is 4.42 Å². The van der Waals surface area contributed by atoms with Gasteiger partial charge in [-0.2, -0.15) is 0 Å². The van der Waals surface area contributed by atoms with Crippen molar-refractivity contribution in [1.29, 1.82) is 0 Å². The Bertz CT molecular complexity index is 302. The van der Waals surface area contributed by atoms with Gasteiger partial charge in [0.05, 0.1) is 12.1 Å². The van der Waals surface area contributed by atoms with Crippen molar-refractivity contribution < 1.29 is 4.42 Å². The fourth-order valence-corrected chi connectivity index (χ4v) is 1.69. The molecule has 0 N–H and O–H groups in total. The second kappa shape index (κ2) is 3.24. The quantitative estimate of drug-likeness (QED) is 0.617. The van der Waals surface area contributed by atoms with Crippen molar-refractivity contribution in [2.45, 2.75) is 11.6 Å². The Morgan fingerprint density at radius 3 is 2.83 bits per heavy atom. The fourth-order valence-electron chi connectivity index (χ4n) is 1.27. The molecule has 1 aliphatic rings. The predicted octanol–water partition coefficient (Wildman–Crippen LogP) is 2.13. The number of hydrogen-bond acceptors (Lipinski definition) is 2. The van der Waals surface area contributed by atoms with Crippen LogP contribution in [0.3, 0.4) is 0 Å². The summed E-state index contributed by atoms with van der Waals surface area (Å²) in [6.45, 7) is 0. The van der Waals surface area contributed by atoms with E-state index in [4.69, 9.17) is 4.42 Å². The summed E-state index contributed by atoms with van der Waals surface area (Å²) < 4.78 is 5.23. The van der Waals surface area contributed by atoms with Gasteiger partial charge in [0.2, 0.25) is 5.89 Å². The van der Waals surface area contributed by atoms with Crippen LogP contribution in [0, 0.1) is 0 Å². The maximum Gasteiger partial charge on any atom is 0.201 e. The molecule has 62 valence electrons. The molecule has 0 saturated carbocycles. The number of rotatable bonds is 1. The van der Waals surface area contributed by atoms with E-state index in [0.717, 1.165) is 5.89 Å². The van der Waals surface area contributed by atoms with Crippen LogP contribution in [0.15, 0.2) is 41.2 Å². The summed E-state index contributed by atoms with van der Waals surface area (Å²) in [7, 11) is 2.77. The first-order chi connectivity index (χ1) is 5.88. The largest absolute Gasteiger partial charge is 0.448 e. The summed E-state index contributed by atoms with van der Waals surface area (Å²) in [5, 5.41) is 0. The van der Waals surface area contributed by atoms with Crippen LogP contribution in [-0.2, 0) is 0 Å². The maximum atomic E-state index is 5.23. The maximum absolute atomic E-state index is 5.23. The van der Waals surface area contributed by atoms with Crippen LogP contribution < -0.4 is 0 Å². The molecule has 0 bridgehead atoms. The van der Waals surface area contributed by atoms with Crippen molar-refractivity contribution in [3.63, 3.8) is 0 Å². The topological polar surface area (TPSA) is 26.0 Å². The molecule has 0 fully saturated rings. The molecule has 0 radical (unpaired) electrons. The van der Waals surface area contributed by atoms with Gasteiger partial charge in [-0.1, -0.05) is 24.3 Å². The lowest BCUT2D eigenvalue weighted by Gasteiger charge is -2.16. The molecule has 0 aromatic carbocycles. The van der Waals surface area contributed by atoms with E-state index >= 15 is 0 Å². The Labute approximate surface area is 73.6 Å². The van der Waals surface area contributed by atoms with Crippen molar-refractivity contribution in [2.24, 2.45) is 0 Å². The SMILES string of the molecule is PC1C=CC=CC1c1ncco1. The lowest BCUT2D eigenvalue weighted by Crippen LogP contribution is -2.09. The smallest absolute Gasteiger partial charge is 0.201 e. The van der Waals surface area contributed by atoms with Crippen LogP contribution >= 0.6 is 9.24 Å². The van der Waals surface area contributed by atoms with Gasteiger partial charge >= 0.3 is 0 Å². The first-order valence-electron chi connectivity index (χ1n) is 3.88. The first-order valence-corrected chi connectivity index (χ1v) is 4.54. The number of allylic oxidation sites excluding steroid dienone is 4. The van der Waals surface area contributed by atoms with Crippen LogP contribution in [0.2, 0.25) is 0 Å². The monoisotopic (exact) mass is 179 g/mol. The summed E-state index contributed by atoms with van der Waals surface area (Å²) >= 11 is 0. The molecule has 2 rings (SSSR count). The Balaban J connectivity index is 2.25. The van der Waals surface area contributed by atoms with E-state index in [1.165, 1.54) is 0 Å². The highest BCUT2D eigenvalue weighted by molar-refractivity contribution is 7.18. The molecule has 1 aliphatic carbocycles. The van der Waals surface area contributed by atoms with Gasteiger partial charge in [-0.25, -0.2) is 4.98 Å². The zero-order valence-electron chi connectivity index (χ0n) is 6.55. The van der Waals surface area contributed by atoms with E-state index in [0.29, 0.717) is 5.66 Å². The van der Waals surface area contributed by atoms with Gasteiger partial charge in [-0.3, -0.25) is 0 Å². The molecule has 0 spiro atoms. The van der Waals surface area contributed by atoms with E-state index < -0.39 is 0 Å². The third-order valence-corrected chi connectivity index (χ3v) is 2.55. The minimum absolute atomic E-state index is 0.273. The second-order valence-electron chi connectivity index (χ2n) is 2.74. The van der Waals surface area contributed by atoms with Gasteiger partial charge in [0, 0.05) is 5.66 Å². The van der Waals surface area contributed by atoms with Gasteiger partial charge in [0.1, 0.15) is 6.26 Å². The Morgan fingerprint density at radius 2 is 2.17 bits per heavy atom. The summed E-state index contributed by atoms with van der Waals surface area (Å²) in [5.41, 5.74) is 0.397. The summed E-state index contributed by atoms with van der Waals surface area (Å²) in [6.07, 6.45) is 11.6. The summed E-state index contributed by atoms with van der Waals surface area (Å²) in [6, 6.07) is 0. The molecular weight excluding hydrogens is 169 g/mol. The third-order valence-electron chi connectivity index (χ3n) is 1.91. The minimum Gasteiger partial charge on any atom is -0.448 e. The third kappa shape index (κ3) is 1.35. The average Bonchev–Trinajstić information content (AvgIpc) is 2.57. The van der Waals surface area contributed by atoms with Gasteiger partial charge in [-0.15, -0.1) is 9.24 Å². The Hall–Kier alpha value is -0.880. The normalized spacial score (nSPS) is 27.8. The highest BCUT2D eigenvalue weighted by atomic mass is 31.0. The lowest BCUT2D eigenvalue weighted by molar-refractivity contribution is 0.476. The highest BCUT2D eigenvalue weighted by Gasteiger charge is 2.19. The van der Waals surface area contributed by atoms with E-state index in [9.17, 15) is 0 Å². The molecule has 1 aromatic heterocycles. The molecule has 0 aliphatic heterocycles. The molecule has 0 amide bonds. The summed E-state index contributed by atoms with van der Waals surface area (Å²) in [4.78, 5) is 4.13. The molecule has 1 aromatic rings. The molecule has 2 nitrogen and oxygen atoms in total. The molecule has 12 heavy (non-hydrogen) atoms. The van der Waals surface area contributed by atoms with E-state index in [2.05, 4.69) is 26.4 Å². The average molecular weight is 179 g/mol. The van der Waals surface area contributed by atoms with Crippen LogP contribution in [0.25, 0.3) is 0 Å². The number of nitrogens with zero attached hydrogens (tertiary/aromatic N) is 1. The second-order valence-corrected chi connectivity index (χ2v) is 3.51. The number of hydrogen-bond donors (Lipinski definition) is 0. The zero-order valence-corrected chi connectivity index (χ0v) is 7.71. The molecular formula is C9H10NOP. The number of aromatic nitrogens is 1. The van der Waals surface area contributed by atoms with E-state index in [1.807, 2.05) is 12.2 Å². The van der Waals surface area contributed by atoms with Crippen molar-refractivity contribution in [2.75, 3.05) is 0 Å². The lowest BCUT2D eigenvalue weighted by atomic mass is 10.0. The van der Waals surface area contributed by atoms with E-state index in [1.54, 1.807) is 12.5 Å². The first kappa shape index (κ1) is 7.75. The molecule has 3 heteroatoms. The molecule has 1 heterocycles. The van der Waals surface area contributed by atoms with Crippen molar-refractivity contribution >= 4 is 9.24 Å². The van der Waals surface area contributed by atoms with Crippen molar-refractivity contribution in [3.8, 4) is 0 Å². The van der Waals surface area contributed by atoms with Crippen LogP contribution in [0.4, 0.5) is 0 Å². The molecule has 3 atom stereocenters. The fraction of sp³-hybridized carbons (Fsp3) is 0.222. The van der Waals surface area contributed by atoms with Crippen molar-refractivity contribution in [3.05, 3.63) is 42.7 Å².